The summed E-state index contributed by atoms with van der Waals surface area (Å²) in [5.41, 5.74) is 3.17. The second kappa shape index (κ2) is 4.51. The molecule has 1 aromatic heterocycles. The number of carbonyl (C=O) groups excluding carboxylic acids is 1. The van der Waals surface area contributed by atoms with Crippen molar-refractivity contribution in [1.29, 1.82) is 0 Å². The molecule has 0 aliphatic carbocycles. The smallest absolute Gasteiger partial charge is 0.240 e. The Labute approximate surface area is 93.5 Å². The molecule has 0 aliphatic heterocycles. The maximum absolute atomic E-state index is 10.3. The van der Waals surface area contributed by atoms with E-state index in [1.807, 2.05) is 43.3 Å². The van der Waals surface area contributed by atoms with E-state index >= 15 is 0 Å². The molecule has 3 heteroatoms. The van der Waals surface area contributed by atoms with Gasteiger partial charge in [0.25, 0.3) is 0 Å². The summed E-state index contributed by atoms with van der Waals surface area (Å²) in [7, 11) is 0. The Bertz CT molecular complexity index is 543. The van der Waals surface area contributed by atoms with Gasteiger partial charge < -0.3 is 0 Å². The van der Waals surface area contributed by atoms with Crippen LogP contribution in [0.3, 0.4) is 0 Å². The van der Waals surface area contributed by atoms with Gasteiger partial charge in [0.2, 0.25) is 6.08 Å². The number of isocyanates is 1. The predicted octanol–water partition coefficient (Wildman–Crippen LogP) is 3.02. The van der Waals surface area contributed by atoms with Crippen molar-refractivity contribution in [3.8, 4) is 11.3 Å². The number of aliphatic imine (C=N–C) groups is 1. The van der Waals surface area contributed by atoms with Crippen LogP contribution in [0.1, 0.15) is 5.56 Å². The van der Waals surface area contributed by atoms with E-state index in [4.69, 9.17) is 0 Å². The van der Waals surface area contributed by atoms with Gasteiger partial charge in [0.1, 0.15) is 5.69 Å². The van der Waals surface area contributed by atoms with Crippen molar-refractivity contribution in [2.45, 2.75) is 6.92 Å². The number of hydrogen-bond donors (Lipinski definition) is 0. The molecule has 3 nitrogen and oxygen atoms in total. The first kappa shape index (κ1) is 10.3. The molecule has 0 saturated heterocycles. The van der Waals surface area contributed by atoms with Gasteiger partial charge in [-0.05, 0) is 18.6 Å². The molecule has 2 rings (SSSR count). The third-order valence-corrected chi connectivity index (χ3v) is 2.22. The largest absolute Gasteiger partial charge is 0.254 e. The number of rotatable bonds is 2. The maximum atomic E-state index is 10.3. The molecule has 0 bridgehead atoms. The molecule has 0 atom stereocenters. The highest BCUT2D eigenvalue weighted by Gasteiger charge is 2.05. The van der Waals surface area contributed by atoms with E-state index in [2.05, 4.69) is 9.98 Å². The van der Waals surface area contributed by atoms with E-state index in [0.717, 1.165) is 11.1 Å². The van der Waals surface area contributed by atoms with Gasteiger partial charge in [0.05, 0.1) is 5.69 Å². The Balaban J connectivity index is 2.61. The number of aromatic nitrogens is 1. The second-order valence-electron chi connectivity index (χ2n) is 3.45. The molecule has 1 heterocycles. The third kappa shape index (κ3) is 2.05. The number of hydrogen-bond acceptors (Lipinski definition) is 3. The summed E-state index contributed by atoms with van der Waals surface area (Å²) in [4.78, 5) is 18.3. The van der Waals surface area contributed by atoms with Gasteiger partial charge in [0.15, 0.2) is 0 Å². The lowest BCUT2D eigenvalue weighted by molar-refractivity contribution is 0.565. The summed E-state index contributed by atoms with van der Waals surface area (Å²) in [6, 6.07) is 11.5. The number of benzene rings is 1. The van der Waals surface area contributed by atoms with E-state index in [9.17, 15) is 4.79 Å². The van der Waals surface area contributed by atoms with E-state index in [-0.39, 0.29) is 0 Å². The maximum Gasteiger partial charge on any atom is 0.240 e. The summed E-state index contributed by atoms with van der Waals surface area (Å²) in [6.07, 6.45) is 3.31. The summed E-state index contributed by atoms with van der Waals surface area (Å²) >= 11 is 0. The van der Waals surface area contributed by atoms with Crippen LogP contribution in [0.25, 0.3) is 11.3 Å². The van der Waals surface area contributed by atoms with Crippen LogP contribution in [0.2, 0.25) is 0 Å². The van der Waals surface area contributed by atoms with Crippen LogP contribution < -0.4 is 0 Å². The van der Waals surface area contributed by atoms with Crippen molar-refractivity contribution in [1.82, 2.24) is 4.98 Å². The van der Waals surface area contributed by atoms with Crippen LogP contribution in [-0.2, 0) is 4.79 Å². The normalized spacial score (nSPS) is 9.56. The molecule has 1 aromatic carbocycles. The molecule has 0 amide bonds. The van der Waals surface area contributed by atoms with Crippen molar-refractivity contribution in [3.63, 3.8) is 0 Å². The average molecular weight is 210 g/mol. The minimum absolute atomic E-state index is 0.557. The SMILES string of the molecule is Cc1cnc(-c2ccccc2)c(N=C=O)c1. The van der Waals surface area contributed by atoms with Gasteiger partial charge >= 0.3 is 0 Å². The molecule has 0 radical (unpaired) electrons. The first-order valence-electron chi connectivity index (χ1n) is 4.91. The Kier molecular flexibility index (Phi) is 2.90. The molecule has 0 aliphatic rings. The Morgan fingerprint density at radius 1 is 1.25 bits per heavy atom. The quantitative estimate of drug-likeness (QED) is 0.564. The highest BCUT2D eigenvalue weighted by Crippen LogP contribution is 2.28. The summed E-state index contributed by atoms with van der Waals surface area (Å²) in [6.45, 7) is 1.91. The van der Waals surface area contributed by atoms with Crippen LogP contribution >= 0.6 is 0 Å². The van der Waals surface area contributed by atoms with Gasteiger partial charge in [0, 0.05) is 11.8 Å². The van der Waals surface area contributed by atoms with Crippen LogP contribution in [0.4, 0.5) is 5.69 Å². The summed E-state index contributed by atoms with van der Waals surface area (Å²) in [5, 5.41) is 0. The average Bonchev–Trinajstić information content (AvgIpc) is 2.31. The molecule has 0 saturated carbocycles. The van der Waals surface area contributed by atoms with Crippen LogP contribution in [0, 0.1) is 6.92 Å². The fourth-order valence-corrected chi connectivity index (χ4v) is 1.51. The predicted molar refractivity (Wildman–Crippen MR) is 62.2 cm³/mol. The number of nitrogens with zero attached hydrogens (tertiary/aromatic N) is 2. The molecular weight excluding hydrogens is 200 g/mol. The Morgan fingerprint density at radius 3 is 2.69 bits per heavy atom. The van der Waals surface area contributed by atoms with Crippen molar-refractivity contribution in [3.05, 3.63) is 48.2 Å². The first-order chi connectivity index (χ1) is 7.81. The zero-order valence-electron chi connectivity index (χ0n) is 8.84. The van der Waals surface area contributed by atoms with Crippen molar-refractivity contribution >= 4 is 11.8 Å². The third-order valence-electron chi connectivity index (χ3n) is 2.22. The molecule has 78 valence electrons. The lowest BCUT2D eigenvalue weighted by Crippen LogP contribution is -1.85. The van der Waals surface area contributed by atoms with Crippen molar-refractivity contribution in [2.75, 3.05) is 0 Å². The first-order valence-corrected chi connectivity index (χ1v) is 4.91. The highest BCUT2D eigenvalue weighted by atomic mass is 16.1. The molecule has 16 heavy (non-hydrogen) atoms. The highest BCUT2D eigenvalue weighted by molar-refractivity contribution is 5.73. The fraction of sp³-hybridized carbons (Fsp3) is 0.0769. The van der Waals surface area contributed by atoms with E-state index in [1.165, 1.54) is 0 Å². The van der Waals surface area contributed by atoms with Gasteiger partial charge in [-0.1, -0.05) is 30.3 Å². The van der Waals surface area contributed by atoms with E-state index in [1.54, 1.807) is 12.3 Å². The van der Waals surface area contributed by atoms with Gasteiger partial charge in [-0.3, -0.25) is 4.98 Å². The van der Waals surface area contributed by atoms with Gasteiger partial charge in [-0.2, -0.15) is 4.99 Å². The standard InChI is InChI=1S/C13H10N2O/c1-10-7-12(15-9-16)13(14-8-10)11-5-3-2-4-6-11/h2-8H,1H3. The van der Waals surface area contributed by atoms with Crippen molar-refractivity contribution in [2.24, 2.45) is 4.99 Å². The monoisotopic (exact) mass is 210 g/mol. The van der Waals surface area contributed by atoms with Gasteiger partial charge in [-0.25, -0.2) is 4.79 Å². The van der Waals surface area contributed by atoms with Crippen LogP contribution in [-0.4, -0.2) is 11.1 Å². The van der Waals surface area contributed by atoms with E-state index < -0.39 is 0 Å². The Morgan fingerprint density at radius 2 is 2.00 bits per heavy atom. The minimum Gasteiger partial charge on any atom is -0.254 e. The lowest BCUT2D eigenvalue weighted by atomic mass is 10.1. The van der Waals surface area contributed by atoms with Gasteiger partial charge in [-0.15, -0.1) is 0 Å². The molecular formula is C13H10N2O. The molecule has 0 unspecified atom stereocenters. The van der Waals surface area contributed by atoms with Crippen LogP contribution in [0.5, 0.6) is 0 Å². The van der Waals surface area contributed by atoms with Crippen molar-refractivity contribution < 1.29 is 4.79 Å². The van der Waals surface area contributed by atoms with Crippen LogP contribution in [0.15, 0.2) is 47.6 Å². The number of pyridine rings is 1. The zero-order valence-corrected chi connectivity index (χ0v) is 8.84. The lowest BCUT2D eigenvalue weighted by Gasteiger charge is -2.04. The Hall–Kier alpha value is -2.25. The second-order valence-corrected chi connectivity index (χ2v) is 3.45. The fourth-order valence-electron chi connectivity index (χ4n) is 1.51. The number of aryl methyl sites for hydroxylation is 1. The minimum atomic E-state index is 0.557. The zero-order chi connectivity index (χ0) is 11.4. The summed E-state index contributed by atoms with van der Waals surface area (Å²) in [5.74, 6) is 0. The topological polar surface area (TPSA) is 42.3 Å². The molecule has 0 fully saturated rings. The summed E-state index contributed by atoms with van der Waals surface area (Å²) < 4.78 is 0. The molecule has 0 N–H and O–H groups in total. The molecule has 0 spiro atoms. The molecule has 2 aromatic rings. The van der Waals surface area contributed by atoms with E-state index in [0.29, 0.717) is 11.4 Å².